The van der Waals surface area contributed by atoms with Crippen molar-refractivity contribution in [1.82, 2.24) is 4.72 Å². The Bertz CT molecular complexity index is 727. The molecule has 3 nitrogen and oxygen atoms in total. The Morgan fingerprint density at radius 1 is 1.09 bits per heavy atom. The van der Waals surface area contributed by atoms with E-state index in [1.807, 2.05) is 38.1 Å². The first-order valence-corrected chi connectivity index (χ1v) is 8.86. The lowest BCUT2D eigenvalue weighted by Gasteiger charge is -2.18. The molecule has 0 aliphatic rings. The minimum atomic E-state index is -3.62. The number of aryl methyl sites for hydroxylation is 1. The van der Waals surface area contributed by atoms with Gasteiger partial charge in [-0.05, 0) is 25.0 Å². The van der Waals surface area contributed by atoms with Crippen LogP contribution in [0.2, 0.25) is 0 Å². The third kappa shape index (κ3) is 4.39. The molecule has 5 heteroatoms. The lowest BCUT2D eigenvalue weighted by atomic mass is 10.0. The molecule has 0 heterocycles. The third-order valence-corrected chi connectivity index (χ3v) is 4.85. The number of benzene rings is 2. The summed E-state index contributed by atoms with van der Waals surface area (Å²) in [6.07, 6.45) is 0.625. The van der Waals surface area contributed by atoms with Gasteiger partial charge in [0.1, 0.15) is 5.82 Å². The van der Waals surface area contributed by atoms with Crippen LogP contribution in [-0.4, -0.2) is 8.42 Å². The largest absolute Gasteiger partial charge is 0.216 e. The Morgan fingerprint density at radius 2 is 1.73 bits per heavy atom. The Hall–Kier alpha value is -1.72. The maximum atomic E-state index is 13.6. The predicted molar refractivity (Wildman–Crippen MR) is 86.4 cm³/mol. The fourth-order valence-electron chi connectivity index (χ4n) is 2.26. The summed E-state index contributed by atoms with van der Waals surface area (Å²) in [5, 5.41) is 0. The van der Waals surface area contributed by atoms with Crippen LogP contribution >= 0.6 is 0 Å². The normalized spacial score (nSPS) is 13.0. The van der Waals surface area contributed by atoms with Crippen molar-refractivity contribution in [3.05, 3.63) is 71.0 Å². The number of sulfonamides is 1. The minimum Gasteiger partial charge on any atom is -0.212 e. The number of halogens is 1. The molecule has 2 aromatic rings. The van der Waals surface area contributed by atoms with Gasteiger partial charge in [-0.1, -0.05) is 55.0 Å². The first kappa shape index (κ1) is 16.6. The van der Waals surface area contributed by atoms with Crippen molar-refractivity contribution in [3.8, 4) is 0 Å². The molecule has 2 aromatic carbocycles. The molecule has 0 spiro atoms. The summed E-state index contributed by atoms with van der Waals surface area (Å²) in [6.45, 7) is 3.89. The molecular formula is C17H20FNO2S. The van der Waals surface area contributed by atoms with Gasteiger partial charge >= 0.3 is 0 Å². The quantitative estimate of drug-likeness (QED) is 0.881. The molecule has 0 amide bonds. The minimum absolute atomic E-state index is 0.175. The van der Waals surface area contributed by atoms with E-state index in [0.717, 1.165) is 11.1 Å². The topological polar surface area (TPSA) is 46.2 Å². The van der Waals surface area contributed by atoms with Crippen molar-refractivity contribution in [3.63, 3.8) is 0 Å². The highest BCUT2D eigenvalue weighted by molar-refractivity contribution is 7.88. The summed E-state index contributed by atoms with van der Waals surface area (Å²) in [6, 6.07) is 13.3. The fraction of sp³-hybridized carbons (Fsp3) is 0.294. The molecule has 0 saturated heterocycles. The van der Waals surface area contributed by atoms with Gasteiger partial charge in [0, 0.05) is 11.6 Å². The van der Waals surface area contributed by atoms with E-state index < -0.39 is 15.8 Å². The van der Waals surface area contributed by atoms with Crippen molar-refractivity contribution in [2.45, 2.75) is 32.1 Å². The molecule has 0 aliphatic heterocycles. The van der Waals surface area contributed by atoms with Gasteiger partial charge in [-0.3, -0.25) is 0 Å². The van der Waals surface area contributed by atoms with Crippen molar-refractivity contribution < 1.29 is 12.8 Å². The van der Waals surface area contributed by atoms with Gasteiger partial charge in [0.05, 0.1) is 5.75 Å². The average Bonchev–Trinajstić information content (AvgIpc) is 2.48. The Kier molecular flexibility index (Phi) is 5.32. The van der Waals surface area contributed by atoms with Crippen molar-refractivity contribution >= 4 is 10.0 Å². The molecule has 2 rings (SSSR count). The molecule has 0 saturated carbocycles. The molecule has 1 atom stereocenters. The SMILES string of the molecule is CC[C@@H](NS(=O)(=O)Cc1ccccc1F)c1ccc(C)cc1. The van der Waals surface area contributed by atoms with E-state index in [9.17, 15) is 12.8 Å². The molecule has 0 bridgehead atoms. The zero-order valence-electron chi connectivity index (χ0n) is 12.7. The molecule has 1 N–H and O–H groups in total. The summed E-state index contributed by atoms with van der Waals surface area (Å²) in [7, 11) is -3.62. The van der Waals surface area contributed by atoms with Crippen LogP contribution in [0.1, 0.15) is 36.1 Å². The smallest absolute Gasteiger partial charge is 0.212 e. The van der Waals surface area contributed by atoms with Crippen LogP contribution in [-0.2, 0) is 15.8 Å². The standard InChI is InChI=1S/C17H20FNO2S/c1-3-17(14-10-8-13(2)9-11-14)19-22(20,21)12-15-6-4-5-7-16(15)18/h4-11,17,19H,3,12H2,1-2H3/t17-/m1/s1. The van der Waals surface area contributed by atoms with E-state index in [1.54, 1.807) is 12.1 Å². The van der Waals surface area contributed by atoms with Crippen LogP contribution in [0.5, 0.6) is 0 Å². The maximum absolute atomic E-state index is 13.6. The molecule has 0 radical (unpaired) electrons. The van der Waals surface area contributed by atoms with Crippen LogP contribution in [0.4, 0.5) is 4.39 Å². The third-order valence-electron chi connectivity index (χ3n) is 3.51. The van der Waals surface area contributed by atoms with E-state index in [1.165, 1.54) is 12.1 Å². The molecule has 22 heavy (non-hydrogen) atoms. The van der Waals surface area contributed by atoms with E-state index in [4.69, 9.17) is 0 Å². The Labute approximate surface area is 131 Å². The van der Waals surface area contributed by atoms with Crippen LogP contribution in [0.3, 0.4) is 0 Å². The maximum Gasteiger partial charge on any atom is 0.216 e. The molecule has 118 valence electrons. The zero-order valence-corrected chi connectivity index (χ0v) is 13.5. The predicted octanol–water partition coefficient (Wildman–Crippen LogP) is 3.70. The van der Waals surface area contributed by atoms with Crippen LogP contribution in [0.15, 0.2) is 48.5 Å². The van der Waals surface area contributed by atoms with Crippen molar-refractivity contribution in [2.75, 3.05) is 0 Å². The summed E-state index contributed by atoms with van der Waals surface area (Å²) >= 11 is 0. The zero-order chi connectivity index (χ0) is 16.2. The van der Waals surface area contributed by atoms with Crippen molar-refractivity contribution in [1.29, 1.82) is 0 Å². The Morgan fingerprint density at radius 3 is 2.32 bits per heavy atom. The van der Waals surface area contributed by atoms with Gasteiger partial charge in [0.2, 0.25) is 10.0 Å². The number of rotatable bonds is 6. The van der Waals surface area contributed by atoms with E-state index in [2.05, 4.69) is 4.72 Å². The second-order valence-electron chi connectivity index (χ2n) is 5.34. The highest BCUT2D eigenvalue weighted by atomic mass is 32.2. The molecule has 0 unspecified atom stereocenters. The first-order chi connectivity index (χ1) is 10.4. The second kappa shape index (κ2) is 7.03. The molecule has 0 aliphatic carbocycles. The molecular weight excluding hydrogens is 301 g/mol. The number of hydrogen-bond donors (Lipinski definition) is 1. The summed E-state index contributed by atoms with van der Waals surface area (Å²) in [5.74, 6) is -0.863. The number of hydrogen-bond acceptors (Lipinski definition) is 2. The lowest BCUT2D eigenvalue weighted by molar-refractivity contribution is 0.546. The van der Waals surface area contributed by atoms with Gasteiger partial charge in [0.15, 0.2) is 0 Å². The van der Waals surface area contributed by atoms with E-state index in [-0.39, 0.29) is 17.4 Å². The monoisotopic (exact) mass is 321 g/mol. The Balaban J connectivity index is 2.16. The highest BCUT2D eigenvalue weighted by Crippen LogP contribution is 2.19. The van der Waals surface area contributed by atoms with Crippen LogP contribution in [0, 0.1) is 12.7 Å². The van der Waals surface area contributed by atoms with Crippen LogP contribution in [0.25, 0.3) is 0 Å². The van der Waals surface area contributed by atoms with E-state index >= 15 is 0 Å². The number of nitrogens with one attached hydrogen (secondary N) is 1. The van der Waals surface area contributed by atoms with E-state index in [0.29, 0.717) is 6.42 Å². The van der Waals surface area contributed by atoms with Crippen LogP contribution < -0.4 is 4.72 Å². The molecule has 0 fully saturated rings. The van der Waals surface area contributed by atoms with Gasteiger partial charge in [-0.25, -0.2) is 17.5 Å². The van der Waals surface area contributed by atoms with Gasteiger partial charge in [-0.15, -0.1) is 0 Å². The lowest BCUT2D eigenvalue weighted by Crippen LogP contribution is -2.29. The van der Waals surface area contributed by atoms with Gasteiger partial charge in [0.25, 0.3) is 0 Å². The second-order valence-corrected chi connectivity index (χ2v) is 7.09. The van der Waals surface area contributed by atoms with Crippen molar-refractivity contribution in [2.24, 2.45) is 0 Å². The summed E-state index contributed by atoms with van der Waals surface area (Å²) < 4.78 is 40.8. The van der Waals surface area contributed by atoms with Gasteiger partial charge < -0.3 is 0 Å². The summed E-state index contributed by atoms with van der Waals surface area (Å²) in [4.78, 5) is 0. The fourth-order valence-corrected chi connectivity index (χ4v) is 3.73. The average molecular weight is 321 g/mol. The highest BCUT2D eigenvalue weighted by Gasteiger charge is 2.20. The van der Waals surface area contributed by atoms with Gasteiger partial charge in [-0.2, -0.15) is 0 Å². The first-order valence-electron chi connectivity index (χ1n) is 7.21. The summed E-state index contributed by atoms with van der Waals surface area (Å²) in [5.41, 5.74) is 2.20. The molecule has 0 aromatic heterocycles.